The van der Waals surface area contributed by atoms with Crippen LogP contribution in [-0.2, 0) is 6.42 Å². The number of unbranched alkanes of at least 4 members (excludes halogenated alkanes) is 2. The second-order valence-corrected chi connectivity index (χ2v) is 3.16. The maximum absolute atomic E-state index is 4.10. The van der Waals surface area contributed by atoms with Gasteiger partial charge in [-0.2, -0.15) is 4.37 Å². The number of nitrogens with zero attached hydrogens (tertiary/aromatic N) is 2. The lowest BCUT2D eigenvalue weighted by molar-refractivity contribution is 0.715. The lowest BCUT2D eigenvalue weighted by Gasteiger charge is -1.91. The Morgan fingerprint density at radius 1 is 1.50 bits per heavy atom. The number of aromatic nitrogens is 2. The first kappa shape index (κ1) is 7.66. The van der Waals surface area contributed by atoms with Crippen LogP contribution in [0.4, 0.5) is 0 Å². The molecule has 0 aromatic carbocycles. The van der Waals surface area contributed by atoms with Gasteiger partial charge in [0.2, 0.25) is 0 Å². The standard InChI is InChI=1S/C7H12N2S/c1-2-3-4-5-7-8-6-9-10-7/h6H,2-5H2,1H3. The van der Waals surface area contributed by atoms with Crippen molar-refractivity contribution in [1.82, 2.24) is 9.36 Å². The highest BCUT2D eigenvalue weighted by molar-refractivity contribution is 7.05. The second-order valence-electron chi connectivity index (χ2n) is 2.29. The number of hydrogen-bond acceptors (Lipinski definition) is 3. The molecule has 0 bridgehead atoms. The van der Waals surface area contributed by atoms with Gasteiger partial charge in [0.1, 0.15) is 11.3 Å². The van der Waals surface area contributed by atoms with Crippen molar-refractivity contribution in [2.75, 3.05) is 0 Å². The minimum absolute atomic E-state index is 1.11. The molecule has 0 saturated heterocycles. The molecule has 0 N–H and O–H groups in total. The molecule has 56 valence electrons. The average molecular weight is 156 g/mol. The van der Waals surface area contributed by atoms with Gasteiger partial charge >= 0.3 is 0 Å². The van der Waals surface area contributed by atoms with Crippen LogP contribution in [-0.4, -0.2) is 9.36 Å². The summed E-state index contributed by atoms with van der Waals surface area (Å²) < 4.78 is 3.93. The van der Waals surface area contributed by atoms with E-state index < -0.39 is 0 Å². The Morgan fingerprint density at radius 3 is 3.00 bits per heavy atom. The van der Waals surface area contributed by atoms with E-state index in [2.05, 4.69) is 16.3 Å². The molecule has 2 nitrogen and oxygen atoms in total. The zero-order valence-electron chi connectivity index (χ0n) is 6.21. The van der Waals surface area contributed by atoms with Gasteiger partial charge in [0, 0.05) is 6.42 Å². The summed E-state index contributed by atoms with van der Waals surface area (Å²) in [6.07, 6.45) is 6.58. The van der Waals surface area contributed by atoms with E-state index in [4.69, 9.17) is 0 Å². The Bertz CT molecular complexity index is 160. The number of hydrogen-bond donors (Lipinski definition) is 0. The first-order valence-corrected chi connectivity index (χ1v) is 4.46. The van der Waals surface area contributed by atoms with Crippen LogP contribution in [0.1, 0.15) is 31.2 Å². The molecule has 0 amide bonds. The van der Waals surface area contributed by atoms with Crippen LogP contribution in [0.15, 0.2) is 6.33 Å². The van der Waals surface area contributed by atoms with Gasteiger partial charge in [0.15, 0.2) is 0 Å². The molecule has 0 aliphatic rings. The highest BCUT2D eigenvalue weighted by atomic mass is 32.1. The van der Waals surface area contributed by atoms with Gasteiger partial charge in [0.25, 0.3) is 0 Å². The van der Waals surface area contributed by atoms with Crippen molar-refractivity contribution in [1.29, 1.82) is 0 Å². The van der Waals surface area contributed by atoms with Crippen molar-refractivity contribution in [3.8, 4) is 0 Å². The normalized spacial score (nSPS) is 10.1. The molecule has 10 heavy (non-hydrogen) atoms. The third kappa shape index (κ3) is 2.43. The monoisotopic (exact) mass is 156 g/mol. The maximum atomic E-state index is 4.10. The van der Waals surface area contributed by atoms with Gasteiger partial charge in [-0.05, 0) is 18.0 Å². The number of rotatable bonds is 4. The van der Waals surface area contributed by atoms with Gasteiger partial charge < -0.3 is 0 Å². The SMILES string of the molecule is CCCCCc1ncns1. The predicted octanol–water partition coefficient (Wildman–Crippen LogP) is 2.27. The molecule has 0 unspecified atom stereocenters. The highest BCUT2D eigenvalue weighted by Crippen LogP contribution is 2.05. The van der Waals surface area contributed by atoms with Crippen molar-refractivity contribution < 1.29 is 0 Å². The van der Waals surface area contributed by atoms with E-state index >= 15 is 0 Å². The molecule has 1 aromatic rings. The van der Waals surface area contributed by atoms with Crippen LogP contribution < -0.4 is 0 Å². The summed E-state index contributed by atoms with van der Waals surface area (Å²) in [5.74, 6) is 0. The molecule has 0 spiro atoms. The van der Waals surface area contributed by atoms with E-state index in [0.29, 0.717) is 0 Å². The summed E-state index contributed by atoms with van der Waals surface area (Å²) >= 11 is 1.51. The van der Waals surface area contributed by atoms with Crippen molar-refractivity contribution in [2.24, 2.45) is 0 Å². The third-order valence-electron chi connectivity index (χ3n) is 1.40. The molecule has 1 aromatic heterocycles. The maximum Gasteiger partial charge on any atom is 0.129 e. The Hall–Kier alpha value is -0.440. The van der Waals surface area contributed by atoms with Gasteiger partial charge in [-0.15, -0.1) is 0 Å². The summed E-state index contributed by atoms with van der Waals surface area (Å²) in [4.78, 5) is 4.10. The minimum atomic E-state index is 1.11. The minimum Gasteiger partial charge on any atom is -0.228 e. The Morgan fingerprint density at radius 2 is 2.40 bits per heavy atom. The van der Waals surface area contributed by atoms with Crippen molar-refractivity contribution in [3.63, 3.8) is 0 Å². The van der Waals surface area contributed by atoms with Crippen molar-refractivity contribution in [2.45, 2.75) is 32.6 Å². The summed E-state index contributed by atoms with van der Waals surface area (Å²) in [6.45, 7) is 2.21. The van der Waals surface area contributed by atoms with E-state index in [9.17, 15) is 0 Å². The Balaban J connectivity index is 2.15. The van der Waals surface area contributed by atoms with Crippen LogP contribution in [0, 0.1) is 0 Å². The topological polar surface area (TPSA) is 25.8 Å². The molecule has 0 atom stereocenters. The summed E-state index contributed by atoms with van der Waals surface area (Å²) in [5.41, 5.74) is 0. The Labute approximate surface area is 65.5 Å². The van der Waals surface area contributed by atoms with E-state index in [1.54, 1.807) is 6.33 Å². The van der Waals surface area contributed by atoms with Crippen molar-refractivity contribution >= 4 is 11.5 Å². The molecule has 1 heterocycles. The van der Waals surface area contributed by atoms with Crippen molar-refractivity contribution in [3.05, 3.63) is 11.3 Å². The second kappa shape index (κ2) is 4.39. The number of aryl methyl sites for hydroxylation is 1. The van der Waals surface area contributed by atoms with Crippen LogP contribution >= 0.6 is 11.5 Å². The zero-order valence-corrected chi connectivity index (χ0v) is 7.02. The van der Waals surface area contributed by atoms with Gasteiger partial charge in [0.05, 0.1) is 0 Å². The summed E-state index contributed by atoms with van der Waals surface area (Å²) in [7, 11) is 0. The zero-order chi connectivity index (χ0) is 7.23. The molecule has 0 radical (unpaired) electrons. The average Bonchev–Trinajstić information content (AvgIpc) is 2.41. The van der Waals surface area contributed by atoms with Crippen LogP contribution in [0.3, 0.4) is 0 Å². The quantitative estimate of drug-likeness (QED) is 0.625. The van der Waals surface area contributed by atoms with Crippen LogP contribution in [0.5, 0.6) is 0 Å². The fourth-order valence-corrected chi connectivity index (χ4v) is 1.38. The third-order valence-corrected chi connectivity index (χ3v) is 2.12. The molecule has 0 fully saturated rings. The molecule has 0 aliphatic carbocycles. The smallest absolute Gasteiger partial charge is 0.129 e. The summed E-state index contributed by atoms with van der Waals surface area (Å²) in [6, 6.07) is 0. The fourth-order valence-electron chi connectivity index (χ4n) is 0.832. The van der Waals surface area contributed by atoms with E-state index in [1.165, 1.54) is 35.8 Å². The van der Waals surface area contributed by atoms with Crippen LogP contribution in [0.2, 0.25) is 0 Å². The van der Waals surface area contributed by atoms with E-state index in [0.717, 1.165) is 6.42 Å². The molecular weight excluding hydrogens is 144 g/mol. The van der Waals surface area contributed by atoms with Crippen LogP contribution in [0.25, 0.3) is 0 Å². The highest BCUT2D eigenvalue weighted by Gasteiger charge is 1.94. The predicted molar refractivity (Wildman–Crippen MR) is 43.1 cm³/mol. The first-order valence-electron chi connectivity index (χ1n) is 3.69. The first-order chi connectivity index (χ1) is 4.93. The summed E-state index contributed by atoms with van der Waals surface area (Å²) in [5, 5.41) is 1.17. The van der Waals surface area contributed by atoms with E-state index in [-0.39, 0.29) is 0 Å². The molecule has 1 rings (SSSR count). The van der Waals surface area contributed by atoms with E-state index in [1.807, 2.05) is 0 Å². The van der Waals surface area contributed by atoms with Gasteiger partial charge in [-0.1, -0.05) is 19.8 Å². The molecule has 0 saturated carbocycles. The molecular formula is C7H12N2S. The molecule has 0 aliphatic heterocycles. The fraction of sp³-hybridized carbons (Fsp3) is 0.714. The largest absolute Gasteiger partial charge is 0.228 e. The lowest BCUT2D eigenvalue weighted by Crippen LogP contribution is -1.81. The lowest BCUT2D eigenvalue weighted by atomic mass is 10.2. The molecule has 3 heteroatoms. The Kier molecular flexibility index (Phi) is 3.36. The van der Waals surface area contributed by atoms with Gasteiger partial charge in [-0.25, -0.2) is 4.98 Å². The van der Waals surface area contributed by atoms with Gasteiger partial charge in [-0.3, -0.25) is 0 Å².